The molecule has 1 rings (SSSR count). The molecule has 0 amide bonds. The van der Waals surface area contributed by atoms with Gasteiger partial charge in [0.2, 0.25) is 0 Å². The van der Waals surface area contributed by atoms with Crippen LogP contribution in [0.15, 0.2) is 24.3 Å². The Morgan fingerprint density at radius 2 is 1.78 bits per heavy atom. The summed E-state index contributed by atoms with van der Waals surface area (Å²) in [7, 11) is 0. The second-order valence-electron chi connectivity index (χ2n) is 6.43. The van der Waals surface area contributed by atoms with Gasteiger partial charge in [-0.1, -0.05) is 52.0 Å². The first-order valence-electron chi connectivity index (χ1n) is 7.03. The predicted octanol–water partition coefficient (Wildman–Crippen LogP) is 5.50. The zero-order valence-corrected chi connectivity index (χ0v) is 13.0. The summed E-state index contributed by atoms with van der Waals surface area (Å²) in [6.45, 7) is 17.6. The molecule has 0 saturated carbocycles. The lowest BCUT2D eigenvalue weighted by Crippen LogP contribution is -2.12. The molecular weight excluding hydrogens is 216 g/mol. The van der Waals surface area contributed by atoms with Crippen LogP contribution in [0.3, 0.4) is 0 Å². The van der Waals surface area contributed by atoms with Gasteiger partial charge in [-0.15, -0.1) is 0 Å². The van der Waals surface area contributed by atoms with Crippen LogP contribution in [0.4, 0.5) is 0 Å². The number of allylic oxidation sites excluding steroid dienone is 1. The van der Waals surface area contributed by atoms with E-state index < -0.39 is 0 Å². The van der Waals surface area contributed by atoms with Crippen molar-refractivity contribution in [2.45, 2.75) is 66.2 Å². The van der Waals surface area contributed by atoms with Gasteiger partial charge in [0.05, 0.1) is 0 Å². The molecule has 0 spiro atoms. The number of benzene rings is 1. The van der Waals surface area contributed by atoms with Crippen LogP contribution in [0.2, 0.25) is 0 Å². The van der Waals surface area contributed by atoms with E-state index in [0.717, 1.165) is 19.3 Å². The molecule has 0 heteroatoms. The van der Waals surface area contributed by atoms with E-state index >= 15 is 0 Å². The molecule has 0 aliphatic rings. The Bertz CT molecular complexity index is 430. The molecule has 0 atom stereocenters. The fourth-order valence-corrected chi connectivity index (χ4v) is 2.11. The largest absolute Gasteiger partial charge is 0.0999 e. The molecule has 0 bridgehead atoms. The predicted molar refractivity (Wildman–Crippen MR) is 82.4 cm³/mol. The fourth-order valence-electron chi connectivity index (χ4n) is 2.11. The normalized spacial score (nSPS) is 11.7. The molecule has 0 heterocycles. The van der Waals surface area contributed by atoms with Gasteiger partial charge in [-0.3, -0.25) is 0 Å². The summed E-state index contributed by atoms with van der Waals surface area (Å²) in [6.07, 6.45) is 3.34. The Hall–Kier alpha value is -1.04. The highest BCUT2D eigenvalue weighted by atomic mass is 14.2. The van der Waals surface area contributed by atoms with E-state index in [4.69, 9.17) is 0 Å². The Labute approximate surface area is 113 Å². The van der Waals surface area contributed by atoms with Crippen LogP contribution in [0.1, 0.15) is 62.8 Å². The molecule has 0 N–H and O–H groups in total. The van der Waals surface area contributed by atoms with Gasteiger partial charge in [-0.05, 0) is 60.8 Å². The molecule has 0 aliphatic heterocycles. The summed E-state index contributed by atoms with van der Waals surface area (Å²) in [6, 6.07) is 4.73. The quantitative estimate of drug-likeness (QED) is 0.613. The van der Waals surface area contributed by atoms with Crippen LogP contribution in [0.5, 0.6) is 0 Å². The Morgan fingerprint density at radius 1 is 1.17 bits per heavy atom. The van der Waals surface area contributed by atoms with Gasteiger partial charge >= 0.3 is 0 Å². The van der Waals surface area contributed by atoms with Gasteiger partial charge in [-0.25, -0.2) is 0 Å². The Morgan fingerprint density at radius 3 is 2.28 bits per heavy atom. The highest BCUT2D eigenvalue weighted by Gasteiger charge is 2.16. The van der Waals surface area contributed by atoms with E-state index in [-0.39, 0.29) is 5.41 Å². The van der Waals surface area contributed by atoms with Gasteiger partial charge in [0.1, 0.15) is 0 Å². The number of hydrogen-bond donors (Lipinski definition) is 0. The topological polar surface area (TPSA) is 0 Å². The van der Waals surface area contributed by atoms with Gasteiger partial charge in [0, 0.05) is 0 Å². The molecule has 0 aromatic heterocycles. The van der Waals surface area contributed by atoms with E-state index in [9.17, 15) is 0 Å². The lowest BCUT2D eigenvalue weighted by molar-refractivity contribution is 0.588. The van der Waals surface area contributed by atoms with Crippen LogP contribution < -0.4 is 0 Å². The third-order valence-corrected chi connectivity index (χ3v) is 3.89. The first-order valence-corrected chi connectivity index (χ1v) is 7.03. The molecule has 100 valence electrons. The summed E-state index contributed by atoms with van der Waals surface area (Å²) in [5.74, 6) is 0. The highest BCUT2D eigenvalue weighted by molar-refractivity contribution is 5.40. The SMILES string of the molecule is C=C(CC)CCc1cc(C(C)(C)C)cc(C)c1C. The van der Waals surface area contributed by atoms with Gasteiger partial charge in [0.15, 0.2) is 0 Å². The van der Waals surface area contributed by atoms with Crippen molar-refractivity contribution >= 4 is 0 Å². The lowest BCUT2D eigenvalue weighted by atomic mass is 9.83. The smallest absolute Gasteiger partial charge is 0.0132 e. The van der Waals surface area contributed by atoms with Gasteiger partial charge in [-0.2, -0.15) is 0 Å². The number of aryl methyl sites for hydroxylation is 2. The number of rotatable bonds is 4. The molecule has 1 aromatic rings. The van der Waals surface area contributed by atoms with E-state index in [1.165, 1.54) is 27.8 Å². The van der Waals surface area contributed by atoms with E-state index in [0.29, 0.717) is 0 Å². The van der Waals surface area contributed by atoms with Crippen molar-refractivity contribution in [3.63, 3.8) is 0 Å². The summed E-state index contributed by atoms with van der Waals surface area (Å²) in [5, 5.41) is 0. The van der Waals surface area contributed by atoms with Crippen LogP contribution in [-0.2, 0) is 11.8 Å². The first kappa shape index (κ1) is 15.0. The number of hydrogen-bond acceptors (Lipinski definition) is 0. The third kappa shape index (κ3) is 3.73. The zero-order valence-electron chi connectivity index (χ0n) is 13.0. The summed E-state index contributed by atoms with van der Waals surface area (Å²) < 4.78 is 0. The average molecular weight is 244 g/mol. The minimum absolute atomic E-state index is 0.231. The molecule has 0 nitrogen and oxygen atoms in total. The zero-order chi connectivity index (χ0) is 13.9. The monoisotopic (exact) mass is 244 g/mol. The van der Waals surface area contributed by atoms with Crippen molar-refractivity contribution in [1.82, 2.24) is 0 Å². The second kappa shape index (κ2) is 5.73. The van der Waals surface area contributed by atoms with Gasteiger partial charge in [0.25, 0.3) is 0 Å². The van der Waals surface area contributed by atoms with Crippen molar-refractivity contribution in [2.75, 3.05) is 0 Å². The van der Waals surface area contributed by atoms with Crippen molar-refractivity contribution in [3.8, 4) is 0 Å². The molecule has 0 aliphatic carbocycles. The second-order valence-corrected chi connectivity index (χ2v) is 6.43. The Balaban J connectivity index is 3.03. The van der Waals surface area contributed by atoms with Crippen molar-refractivity contribution in [3.05, 3.63) is 46.5 Å². The van der Waals surface area contributed by atoms with Crippen molar-refractivity contribution < 1.29 is 0 Å². The lowest BCUT2D eigenvalue weighted by Gasteiger charge is -2.22. The molecule has 0 radical (unpaired) electrons. The fraction of sp³-hybridized carbons (Fsp3) is 0.556. The standard InChI is InChI=1S/C18H28/c1-8-13(2)9-10-16-12-17(18(5,6)7)11-14(3)15(16)4/h11-12H,2,8-10H2,1,3-7H3. The van der Waals surface area contributed by atoms with E-state index in [1.54, 1.807) is 0 Å². The van der Waals surface area contributed by atoms with E-state index in [2.05, 4.69) is 60.3 Å². The summed E-state index contributed by atoms with van der Waals surface area (Å²) >= 11 is 0. The van der Waals surface area contributed by atoms with Crippen LogP contribution in [-0.4, -0.2) is 0 Å². The van der Waals surface area contributed by atoms with Crippen LogP contribution in [0.25, 0.3) is 0 Å². The summed E-state index contributed by atoms with van der Waals surface area (Å²) in [4.78, 5) is 0. The van der Waals surface area contributed by atoms with Crippen molar-refractivity contribution in [1.29, 1.82) is 0 Å². The maximum absolute atomic E-state index is 4.11. The van der Waals surface area contributed by atoms with E-state index in [1.807, 2.05) is 0 Å². The highest BCUT2D eigenvalue weighted by Crippen LogP contribution is 2.27. The molecule has 0 saturated heterocycles. The first-order chi connectivity index (χ1) is 8.25. The summed E-state index contributed by atoms with van der Waals surface area (Å²) in [5.41, 5.74) is 7.39. The molecule has 18 heavy (non-hydrogen) atoms. The maximum Gasteiger partial charge on any atom is -0.0132 e. The van der Waals surface area contributed by atoms with Gasteiger partial charge < -0.3 is 0 Å². The minimum atomic E-state index is 0.231. The maximum atomic E-state index is 4.11. The van der Waals surface area contributed by atoms with Crippen LogP contribution >= 0.6 is 0 Å². The third-order valence-electron chi connectivity index (χ3n) is 3.89. The minimum Gasteiger partial charge on any atom is -0.0999 e. The van der Waals surface area contributed by atoms with Crippen LogP contribution in [0, 0.1) is 13.8 Å². The Kier molecular flexibility index (Phi) is 4.78. The van der Waals surface area contributed by atoms with Crippen molar-refractivity contribution in [2.24, 2.45) is 0 Å². The molecule has 0 unspecified atom stereocenters. The molecule has 0 fully saturated rings. The molecular formula is C18H28. The average Bonchev–Trinajstić information content (AvgIpc) is 2.28. The molecule has 1 aromatic carbocycles.